The first-order valence-corrected chi connectivity index (χ1v) is 7.39. The fraction of sp³-hybridized carbons (Fsp3) is 0.200. The van der Waals surface area contributed by atoms with Crippen molar-refractivity contribution >= 4 is 27.5 Å². The SMILES string of the molecule is NC(c1cc(Cl)cc2c1OCC2)c1c(F)cccc1Br. The topological polar surface area (TPSA) is 35.2 Å². The van der Waals surface area contributed by atoms with Crippen molar-refractivity contribution in [3.05, 3.63) is 62.3 Å². The van der Waals surface area contributed by atoms with Gasteiger partial charge in [-0.2, -0.15) is 0 Å². The van der Waals surface area contributed by atoms with Crippen LogP contribution >= 0.6 is 27.5 Å². The number of hydrogen-bond acceptors (Lipinski definition) is 2. The van der Waals surface area contributed by atoms with Gasteiger partial charge in [-0.1, -0.05) is 33.6 Å². The number of benzene rings is 2. The van der Waals surface area contributed by atoms with E-state index in [9.17, 15) is 4.39 Å². The Morgan fingerprint density at radius 1 is 1.35 bits per heavy atom. The summed E-state index contributed by atoms with van der Waals surface area (Å²) in [6.45, 7) is 0.605. The van der Waals surface area contributed by atoms with Gasteiger partial charge in [-0.25, -0.2) is 4.39 Å². The molecule has 0 amide bonds. The fourth-order valence-electron chi connectivity index (χ4n) is 2.49. The maximum atomic E-state index is 14.1. The number of fused-ring (bicyclic) bond motifs is 1. The molecule has 104 valence electrons. The van der Waals surface area contributed by atoms with Crippen LogP contribution in [0.5, 0.6) is 5.75 Å². The number of nitrogens with two attached hydrogens (primary N) is 1. The van der Waals surface area contributed by atoms with Crippen LogP contribution in [0.15, 0.2) is 34.8 Å². The van der Waals surface area contributed by atoms with Gasteiger partial charge in [-0.15, -0.1) is 0 Å². The van der Waals surface area contributed by atoms with Gasteiger partial charge in [0.15, 0.2) is 0 Å². The quantitative estimate of drug-likeness (QED) is 0.874. The molecule has 2 aromatic carbocycles. The summed E-state index contributed by atoms with van der Waals surface area (Å²) in [4.78, 5) is 0. The third kappa shape index (κ3) is 2.32. The molecule has 0 aromatic heterocycles. The Morgan fingerprint density at radius 3 is 2.90 bits per heavy atom. The predicted octanol–water partition coefficient (Wildman–Crippen LogP) is 4.22. The first-order chi connectivity index (χ1) is 9.58. The second kappa shape index (κ2) is 5.35. The Bertz CT molecular complexity index is 657. The van der Waals surface area contributed by atoms with Crippen LogP contribution in [0.4, 0.5) is 4.39 Å². The van der Waals surface area contributed by atoms with E-state index in [-0.39, 0.29) is 5.82 Å². The van der Waals surface area contributed by atoms with Gasteiger partial charge in [-0.3, -0.25) is 0 Å². The van der Waals surface area contributed by atoms with Crippen molar-refractivity contribution in [1.29, 1.82) is 0 Å². The van der Waals surface area contributed by atoms with Crippen LogP contribution in [0, 0.1) is 5.82 Å². The van der Waals surface area contributed by atoms with Gasteiger partial charge in [0.2, 0.25) is 0 Å². The minimum absolute atomic E-state index is 0.349. The average molecular weight is 357 g/mol. The molecule has 1 aliphatic rings. The summed E-state index contributed by atoms with van der Waals surface area (Å²) in [5.41, 5.74) is 8.40. The van der Waals surface area contributed by atoms with Crippen molar-refractivity contribution in [1.82, 2.24) is 0 Å². The molecule has 1 atom stereocenters. The van der Waals surface area contributed by atoms with E-state index in [0.717, 1.165) is 23.3 Å². The standard InChI is InChI=1S/C15H12BrClFNO/c16-11-2-1-3-12(18)13(11)14(19)10-7-9(17)6-8-4-5-20-15(8)10/h1-3,6-7,14H,4-5,19H2. The Hall–Kier alpha value is -1.10. The largest absolute Gasteiger partial charge is 0.493 e. The summed E-state index contributed by atoms with van der Waals surface area (Å²) in [6, 6.07) is 7.78. The summed E-state index contributed by atoms with van der Waals surface area (Å²) in [5, 5.41) is 0.590. The molecule has 2 N–H and O–H groups in total. The lowest BCUT2D eigenvalue weighted by Gasteiger charge is -2.18. The van der Waals surface area contributed by atoms with E-state index in [1.807, 2.05) is 6.07 Å². The maximum Gasteiger partial charge on any atom is 0.129 e. The monoisotopic (exact) mass is 355 g/mol. The lowest BCUT2D eigenvalue weighted by molar-refractivity contribution is 0.352. The number of hydrogen-bond donors (Lipinski definition) is 1. The summed E-state index contributed by atoms with van der Waals surface area (Å²) in [7, 11) is 0. The number of rotatable bonds is 2. The molecule has 5 heteroatoms. The van der Waals surface area contributed by atoms with E-state index in [2.05, 4.69) is 15.9 Å². The first kappa shape index (κ1) is 13.9. The van der Waals surface area contributed by atoms with Crippen LogP contribution in [0.25, 0.3) is 0 Å². The van der Waals surface area contributed by atoms with E-state index in [4.69, 9.17) is 22.1 Å². The highest BCUT2D eigenvalue weighted by Crippen LogP contribution is 2.39. The van der Waals surface area contributed by atoms with Gasteiger partial charge in [-0.05, 0) is 29.8 Å². The van der Waals surface area contributed by atoms with Crippen LogP contribution in [0.2, 0.25) is 5.02 Å². The van der Waals surface area contributed by atoms with Crippen LogP contribution in [0.3, 0.4) is 0 Å². The predicted molar refractivity (Wildman–Crippen MR) is 80.8 cm³/mol. The fourth-order valence-corrected chi connectivity index (χ4v) is 3.33. The molecule has 0 radical (unpaired) electrons. The zero-order chi connectivity index (χ0) is 14.3. The molecule has 0 fully saturated rings. The molecule has 2 nitrogen and oxygen atoms in total. The van der Waals surface area contributed by atoms with Gasteiger partial charge in [0.25, 0.3) is 0 Å². The second-order valence-electron chi connectivity index (χ2n) is 4.69. The van der Waals surface area contributed by atoms with E-state index in [1.165, 1.54) is 6.07 Å². The minimum atomic E-state index is -0.629. The second-order valence-corrected chi connectivity index (χ2v) is 5.99. The van der Waals surface area contributed by atoms with Crippen LogP contribution in [-0.4, -0.2) is 6.61 Å². The highest BCUT2D eigenvalue weighted by Gasteiger charge is 2.25. The zero-order valence-corrected chi connectivity index (χ0v) is 12.8. The van der Waals surface area contributed by atoms with E-state index < -0.39 is 6.04 Å². The van der Waals surface area contributed by atoms with Crippen LogP contribution in [0.1, 0.15) is 22.7 Å². The Kier molecular flexibility index (Phi) is 3.71. The summed E-state index contributed by atoms with van der Waals surface area (Å²) in [6.07, 6.45) is 0.800. The molecule has 20 heavy (non-hydrogen) atoms. The highest BCUT2D eigenvalue weighted by molar-refractivity contribution is 9.10. The summed E-state index contributed by atoms with van der Waals surface area (Å²) < 4.78 is 20.3. The summed E-state index contributed by atoms with van der Waals surface area (Å²) in [5.74, 6) is 0.385. The zero-order valence-electron chi connectivity index (χ0n) is 10.5. The first-order valence-electron chi connectivity index (χ1n) is 6.22. The van der Waals surface area contributed by atoms with Gasteiger partial charge < -0.3 is 10.5 Å². The lowest BCUT2D eigenvalue weighted by Crippen LogP contribution is -2.15. The van der Waals surface area contributed by atoms with Crippen LogP contribution < -0.4 is 10.5 Å². The molecule has 1 heterocycles. The Morgan fingerprint density at radius 2 is 2.15 bits per heavy atom. The van der Waals surface area contributed by atoms with Crippen LogP contribution in [-0.2, 0) is 6.42 Å². The summed E-state index contributed by atoms with van der Waals surface area (Å²) >= 11 is 9.47. The lowest BCUT2D eigenvalue weighted by atomic mass is 9.96. The van der Waals surface area contributed by atoms with Gasteiger partial charge in [0, 0.05) is 27.0 Å². The van der Waals surface area contributed by atoms with Gasteiger partial charge >= 0.3 is 0 Å². The van der Waals surface area contributed by atoms with Crippen molar-refractivity contribution in [3.8, 4) is 5.75 Å². The average Bonchev–Trinajstić information content (AvgIpc) is 2.85. The molecular formula is C15H12BrClFNO. The molecule has 0 spiro atoms. The normalized spacial score (nSPS) is 14.8. The van der Waals surface area contributed by atoms with Crippen molar-refractivity contribution in [2.24, 2.45) is 5.73 Å². The Labute approximate surface area is 129 Å². The van der Waals surface area contributed by atoms with Crippen molar-refractivity contribution in [2.45, 2.75) is 12.5 Å². The molecule has 0 saturated heterocycles. The molecule has 2 aromatic rings. The molecule has 1 aliphatic heterocycles. The van der Waals surface area contributed by atoms with E-state index >= 15 is 0 Å². The van der Waals surface area contributed by atoms with Crippen molar-refractivity contribution < 1.29 is 9.13 Å². The third-order valence-electron chi connectivity index (χ3n) is 3.42. The number of halogens is 3. The van der Waals surface area contributed by atoms with E-state index in [0.29, 0.717) is 21.7 Å². The van der Waals surface area contributed by atoms with E-state index in [1.54, 1.807) is 18.2 Å². The molecule has 0 saturated carbocycles. The molecule has 1 unspecified atom stereocenters. The highest BCUT2D eigenvalue weighted by atomic mass is 79.9. The minimum Gasteiger partial charge on any atom is -0.493 e. The maximum absolute atomic E-state index is 14.1. The molecule has 0 aliphatic carbocycles. The molecule has 0 bridgehead atoms. The third-order valence-corrected chi connectivity index (χ3v) is 4.33. The Balaban J connectivity index is 2.14. The van der Waals surface area contributed by atoms with Gasteiger partial charge in [0.05, 0.1) is 12.6 Å². The molecule has 3 rings (SSSR count). The van der Waals surface area contributed by atoms with Gasteiger partial charge in [0.1, 0.15) is 11.6 Å². The van der Waals surface area contributed by atoms with Crippen molar-refractivity contribution in [3.63, 3.8) is 0 Å². The number of ether oxygens (including phenoxy) is 1. The molecular weight excluding hydrogens is 345 g/mol. The smallest absolute Gasteiger partial charge is 0.129 e. The van der Waals surface area contributed by atoms with Crippen molar-refractivity contribution in [2.75, 3.05) is 6.61 Å².